The van der Waals surface area contributed by atoms with E-state index in [4.69, 9.17) is 20.4 Å². The van der Waals surface area contributed by atoms with Gasteiger partial charge in [-0.1, -0.05) is 0 Å². The van der Waals surface area contributed by atoms with E-state index in [1.54, 1.807) is 18.2 Å². The van der Waals surface area contributed by atoms with Crippen molar-refractivity contribution in [3.05, 3.63) is 65.2 Å². The molecule has 1 aliphatic carbocycles. The number of likely N-dealkylation sites (tertiary alicyclic amines) is 1. The average Bonchev–Trinajstić information content (AvgIpc) is 3.69. The number of nitrogens with zero attached hydrogens (tertiary/aromatic N) is 5. The second kappa shape index (κ2) is 11.2. The number of carbonyl (C=O) groups is 1. The Kier molecular flexibility index (Phi) is 7.28. The molecule has 234 valence electrons. The lowest BCUT2D eigenvalue weighted by atomic mass is 10.0. The number of rotatable bonds is 7. The number of fused-ring (bicyclic) bond motifs is 2. The molecular formula is C33H33F3N6O3. The average molecular weight is 619 g/mol. The van der Waals surface area contributed by atoms with E-state index in [2.05, 4.69) is 4.57 Å². The van der Waals surface area contributed by atoms with Crippen LogP contribution in [0.1, 0.15) is 35.2 Å². The summed E-state index contributed by atoms with van der Waals surface area (Å²) in [5.41, 5.74) is 8.98. The van der Waals surface area contributed by atoms with Crippen LogP contribution in [0.3, 0.4) is 0 Å². The number of aliphatic hydroxyl groups excluding tert-OH is 1. The number of aliphatic hydroxyl groups is 1. The van der Waals surface area contributed by atoms with Crippen LogP contribution in [0.2, 0.25) is 0 Å². The lowest BCUT2D eigenvalue weighted by Gasteiger charge is -2.33. The van der Waals surface area contributed by atoms with Crippen LogP contribution in [0.15, 0.2) is 42.5 Å². The number of halogens is 3. The van der Waals surface area contributed by atoms with Crippen LogP contribution in [0, 0.1) is 17.6 Å². The summed E-state index contributed by atoms with van der Waals surface area (Å²) in [6.45, 7) is 0.278. The number of pyridine rings is 1. The minimum absolute atomic E-state index is 0.0164. The van der Waals surface area contributed by atoms with E-state index >= 15 is 4.39 Å². The molecule has 45 heavy (non-hydrogen) atoms. The molecule has 1 amide bonds. The Hall–Kier alpha value is -4.42. The second-order valence-corrected chi connectivity index (χ2v) is 12.1. The lowest BCUT2D eigenvalue weighted by molar-refractivity contribution is 0.0606. The molecule has 12 heteroatoms. The molecule has 2 aliphatic rings. The van der Waals surface area contributed by atoms with Crippen molar-refractivity contribution in [2.45, 2.75) is 44.6 Å². The third kappa shape index (κ3) is 5.21. The van der Waals surface area contributed by atoms with Crippen molar-refractivity contribution in [1.82, 2.24) is 24.0 Å². The van der Waals surface area contributed by atoms with Gasteiger partial charge in [0, 0.05) is 48.3 Å². The highest BCUT2D eigenvalue weighted by Gasteiger charge is 2.31. The Morgan fingerprint density at radius 3 is 2.62 bits per heavy atom. The maximum atomic E-state index is 15.2. The lowest BCUT2D eigenvalue weighted by Crippen LogP contribution is -2.50. The number of hydrogen-bond acceptors (Lipinski definition) is 6. The fourth-order valence-electron chi connectivity index (χ4n) is 6.39. The van der Waals surface area contributed by atoms with Gasteiger partial charge in [0.1, 0.15) is 34.7 Å². The standard InChI is InChI=1S/C33H33F3N6O3/c1-40-30-26(8-19(10-28(30)45-2)33(44)41-14-22(35)11-23(37)15-41)39-32(40)27-9-18-5-6-25(38-31(18)42(27)13-17-3-4-17)24-12-21(34)7-20(16-43)29(24)36/h5-10,12,17,22-23,43H,3-4,11,13-16,37H2,1-2H3/t22-,23-/m1/s1. The number of alkyl halides is 1. The first kappa shape index (κ1) is 29.3. The second-order valence-electron chi connectivity index (χ2n) is 12.1. The van der Waals surface area contributed by atoms with E-state index in [1.165, 1.54) is 12.0 Å². The van der Waals surface area contributed by atoms with Gasteiger partial charge in [-0.2, -0.15) is 0 Å². The smallest absolute Gasteiger partial charge is 0.254 e. The van der Waals surface area contributed by atoms with E-state index < -0.39 is 30.5 Å². The monoisotopic (exact) mass is 618 g/mol. The van der Waals surface area contributed by atoms with E-state index in [1.807, 2.05) is 23.7 Å². The van der Waals surface area contributed by atoms with Crippen molar-refractivity contribution in [2.75, 3.05) is 20.2 Å². The summed E-state index contributed by atoms with van der Waals surface area (Å²) >= 11 is 0. The van der Waals surface area contributed by atoms with Crippen molar-refractivity contribution in [1.29, 1.82) is 0 Å². The summed E-state index contributed by atoms with van der Waals surface area (Å²) in [4.78, 5) is 24.6. The number of carbonyl (C=O) groups excluding carboxylic acids is 1. The van der Waals surface area contributed by atoms with Crippen LogP contribution in [-0.2, 0) is 20.2 Å². The number of aromatic nitrogens is 4. The molecule has 0 bridgehead atoms. The maximum absolute atomic E-state index is 15.2. The number of aryl methyl sites for hydroxylation is 1. The van der Waals surface area contributed by atoms with Crippen molar-refractivity contribution in [3.8, 4) is 28.5 Å². The Morgan fingerprint density at radius 1 is 1.11 bits per heavy atom. The highest BCUT2D eigenvalue weighted by atomic mass is 19.1. The number of hydrogen-bond donors (Lipinski definition) is 2. The topological polar surface area (TPSA) is 111 Å². The number of piperidine rings is 1. The van der Waals surface area contributed by atoms with Crippen LogP contribution in [0.5, 0.6) is 5.75 Å². The molecule has 7 rings (SSSR count). The molecule has 2 fully saturated rings. The van der Waals surface area contributed by atoms with Crippen LogP contribution < -0.4 is 10.5 Å². The molecule has 3 aromatic heterocycles. The zero-order valence-corrected chi connectivity index (χ0v) is 24.9. The molecule has 1 saturated heterocycles. The Labute approximate surface area is 257 Å². The summed E-state index contributed by atoms with van der Waals surface area (Å²) in [5, 5.41) is 10.3. The summed E-state index contributed by atoms with van der Waals surface area (Å²) < 4.78 is 53.4. The minimum atomic E-state index is -1.18. The predicted octanol–water partition coefficient (Wildman–Crippen LogP) is 4.96. The minimum Gasteiger partial charge on any atom is -0.494 e. The van der Waals surface area contributed by atoms with Crippen LogP contribution in [0.4, 0.5) is 13.2 Å². The summed E-state index contributed by atoms with van der Waals surface area (Å²) in [6.07, 6.45) is 1.18. The van der Waals surface area contributed by atoms with Gasteiger partial charge in [-0.15, -0.1) is 0 Å². The molecule has 0 spiro atoms. The van der Waals surface area contributed by atoms with Gasteiger partial charge in [0.15, 0.2) is 5.82 Å². The number of ether oxygens (including phenoxy) is 1. The predicted molar refractivity (Wildman–Crippen MR) is 163 cm³/mol. The number of nitrogens with two attached hydrogens (primary N) is 1. The molecule has 9 nitrogen and oxygen atoms in total. The molecule has 5 aromatic rings. The molecular weight excluding hydrogens is 585 g/mol. The van der Waals surface area contributed by atoms with Crippen LogP contribution in [-0.4, -0.2) is 67.4 Å². The molecule has 2 aromatic carbocycles. The molecule has 2 atom stereocenters. The largest absolute Gasteiger partial charge is 0.494 e. The van der Waals surface area contributed by atoms with Gasteiger partial charge in [0.05, 0.1) is 37.2 Å². The van der Waals surface area contributed by atoms with Gasteiger partial charge >= 0.3 is 0 Å². The first-order valence-corrected chi connectivity index (χ1v) is 15.0. The molecule has 1 aliphatic heterocycles. The summed E-state index contributed by atoms with van der Waals surface area (Å²) in [7, 11) is 3.38. The van der Waals surface area contributed by atoms with Gasteiger partial charge < -0.3 is 29.6 Å². The van der Waals surface area contributed by atoms with E-state index in [9.17, 15) is 18.7 Å². The Morgan fingerprint density at radius 2 is 1.91 bits per heavy atom. The molecule has 1 saturated carbocycles. The third-order valence-electron chi connectivity index (χ3n) is 8.79. The van der Waals surface area contributed by atoms with Gasteiger partial charge in [-0.3, -0.25) is 4.79 Å². The van der Waals surface area contributed by atoms with Crippen molar-refractivity contribution < 1.29 is 27.8 Å². The number of benzene rings is 2. The SMILES string of the molecule is COc1cc(C(=O)N2C[C@H](N)C[C@@H](F)C2)cc2nc(-c3cc4ccc(-c5cc(F)cc(CO)c5F)nc4n3CC3CC3)n(C)c12. The number of imidazole rings is 1. The van der Waals surface area contributed by atoms with Gasteiger partial charge in [0.25, 0.3) is 5.91 Å². The van der Waals surface area contributed by atoms with Gasteiger partial charge in [0.2, 0.25) is 0 Å². The van der Waals surface area contributed by atoms with E-state index in [0.29, 0.717) is 46.3 Å². The van der Waals surface area contributed by atoms with E-state index in [0.717, 1.165) is 36.1 Å². The van der Waals surface area contributed by atoms with Crippen LogP contribution >= 0.6 is 0 Å². The zero-order chi connectivity index (χ0) is 31.6. The number of amides is 1. The zero-order valence-electron chi connectivity index (χ0n) is 24.9. The Bertz CT molecular complexity index is 1960. The van der Waals surface area contributed by atoms with Crippen molar-refractivity contribution in [2.24, 2.45) is 18.7 Å². The highest BCUT2D eigenvalue weighted by molar-refractivity contribution is 6.00. The van der Waals surface area contributed by atoms with Crippen LogP contribution in [0.25, 0.3) is 44.8 Å². The number of methoxy groups -OCH3 is 1. The first-order chi connectivity index (χ1) is 21.6. The summed E-state index contributed by atoms with van der Waals surface area (Å²) in [6, 6.07) is 10.4. The molecule has 4 heterocycles. The Balaban J connectivity index is 1.35. The van der Waals surface area contributed by atoms with Gasteiger partial charge in [-0.25, -0.2) is 23.1 Å². The quantitative estimate of drug-likeness (QED) is 0.267. The first-order valence-electron chi connectivity index (χ1n) is 15.0. The fraction of sp³-hybridized carbons (Fsp3) is 0.364. The third-order valence-corrected chi connectivity index (χ3v) is 8.79. The fourth-order valence-corrected chi connectivity index (χ4v) is 6.39. The van der Waals surface area contributed by atoms with Crippen molar-refractivity contribution in [3.63, 3.8) is 0 Å². The van der Waals surface area contributed by atoms with Crippen molar-refractivity contribution >= 4 is 28.0 Å². The maximum Gasteiger partial charge on any atom is 0.254 e. The molecule has 3 N–H and O–H groups in total. The summed E-state index contributed by atoms with van der Waals surface area (Å²) in [5.74, 6) is -0.217. The highest BCUT2D eigenvalue weighted by Crippen LogP contribution is 2.38. The normalized spacial score (nSPS) is 18.7. The van der Waals surface area contributed by atoms with Gasteiger partial charge in [-0.05, 0) is 67.6 Å². The molecule has 0 radical (unpaired) electrons. The molecule has 0 unspecified atom stereocenters. The van der Waals surface area contributed by atoms with E-state index in [-0.39, 0.29) is 42.2 Å².